The summed E-state index contributed by atoms with van der Waals surface area (Å²) in [6.45, 7) is 21.9. The Hall–Kier alpha value is -6.33. The summed E-state index contributed by atoms with van der Waals surface area (Å²) in [6.07, 6.45) is 5.03. The van der Waals surface area contributed by atoms with Crippen LogP contribution in [-0.4, -0.2) is 142 Å². The molecule has 2 aromatic rings. The number of sulfonamides is 1. The first-order valence-corrected chi connectivity index (χ1v) is 27.8. The van der Waals surface area contributed by atoms with Gasteiger partial charge < -0.3 is 37.2 Å². The Kier molecular flexibility index (Phi) is 24.1. The Balaban J connectivity index is 1.70. The van der Waals surface area contributed by atoms with E-state index >= 15 is 0 Å². The highest BCUT2D eigenvalue weighted by atomic mass is 32.2. The van der Waals surface area contributed by atoms with Gasteiger partial charge in [0.2, 0.25) is 29.5 Å². The molecular weight excluding hydrogens is 1020 g/mol. The van der Waals surface area contributed by atoms with Crippen molar-refractivity contribution in [2.75, 3.05) is 46.3 Å². The van der Waals surface area contributed by atoms with Crippen LogP contribution in [-0.2, 0) is 58.6 Å². The minimum Gasteiger partial charge on any atom is -0.344 e. The first-order chi connectivity index (χ1) is 36.2. The number of carbonyl (C=O) groups excluding carboxylic acids is 8. The third kappa shape index (κ3) is 18.9. The van der Waals surface area contributed by atoms with Gasteiger partial charge in [0.15, 0.2) is 0 Å². The molecule has 0 radical (unpaired) electrons. The molecule has 22 heteroatoms. The lowest BCUT2D eigenvalue weighted by molar-refractivity contribution is -0.188. The van der Waals surface area contributed by atoms with Crippen LogP contribution in [0.3, 0.4) is 0 Å². The summed E-state index contributed by atoms with van der Waals surface area (Å²) in [5.74, 6) is -4.94. The standard InChI is InChI=1S/C56H86N10O11S/c1-35(2)42(65(15)53(74)48(54(6,7)8)62-52(73)47(58-13)56(11,12)38-21-17-16-18-22-38)31-37(5)49(70)63-78(75,76)40-26-24-39(25-27-40)59-50(71)41(23-19-20-30-57)60-51(72)46(36(3)4)61-43(67)32-55(9,10)33-77-64(14)34-66-44(68)28-29-45(66)69/h16-18,21-22,24-29,31,35-36,41-42,46-48,58H,19-20,23,30,32-34,57H2,1-15H3,(H,59,71)(H,60,72)(H,61,67)(H,62,73)(H,63,70)/b37-31+/t41-,42+,46-,47+,48+/m0/s1. The van der Waals surface area contributed by atoms with E-state index in [2.05, 4.69) is 31.3 Å². The third-order valence-corrected chi connectivity index (χ3v) is 14.9. The summed E-state index contributed by atoms with van der Waals surface area (Å²) in [5, 5.41) is 15.7. The zero-order valence-corrected chi connectivity index (χ0v) is 49.1. The minimum atomic E-state index is -4.46. The molecule has 0 fully saturated rings. The average Bonchev–Trinajstić information content (AvgIpc) is 3.66. The van der Waals surface area contributed by atoms with E-state index in [0.29, 0.717) is 19.4 Å². The quantitative estimate of drug-likeness (QED) is 0.0264. The van der Waals surface area contributed by atoms with Crippen molar-refractivity contribution in [3.05, 3.63) is 84.0 Å². The molecule has 0 aliphatic carbocycles. The van der Waals surface area contributed by atoms with E-state index in [0.717, 1.165) is 10.5 Å². The van der Waals surface area contributed by atoms with Crippen molar-refractivity contribution >= 4 is 63.0 Å². The van der Waals surface area contributed by atoms with Crippen LogP contribution >= 0.6 is 0 Å². The maximum absolute atomic E-state index is 14.4. The van der Waals surface area contributed by atoms with Crippen LogP contribution in [0.5, 0.6) is 0 Å². The van der Waals surface area contributed by atoms with Gasteiger partial charge >= 0.3 is 0 Å². The average molecular weight is 1110 g/mol. The molecule has 5 atom stereocenters. The maximum Gasteiger partial charge on any atom is 0.264 e. The lowest BCUT2D eigenvalue weighted by atomic mass is 9.76. The van der Waals surface area contributed by atoms with Gasteiger partial charge in [0.25, 0.3) is 27.7 Å². The summed E-state index contributed by atoms with van der Waals surface area (Å²) < 4.78 is 29.3. The zero-order chi connectivity index (χ0) is 59.1. The van der Waals surface area contributed by atoms with Crippen LogP contribution in [0, 0.1) is 22.7 Å². The van der Waals surface area contributed by atoms with Crippen LogP contribution < -0.4 is 37.0 Å². The molecule has 1 aliphatic heterocycles. The first-order valence-electron chi connectivity index (χ1n) is 26.3. The van der Waals surface area contributed by atoms with Crippen molar-refractivity contribution < 1.29 is 51.6 Å². The summed E-state index contributed by atoms with van der Waals surface area (Å²) in [4.78, 5) is 115. The number of anilines is 1. The predicted molar refractivity (Wildman–Crippen MR) is 299 cm³/mol. The van der Waals surface area contributed by atoms with Crippen molar-refractivity contribution in [2.24, 2.45) is 28.4 Å². The van der Waals surface area contributed by atoms with E-state index < -0.39 is 104 Å². The SMILES string of the molecule is CN[C@H](C(=O)N[C@H](C(=O)N(C)[C@H](/C=C(\C)C(=O)NS(=O)(=O)c1ccc(NC(=O)[C@H](CCCCN)NC(=O)[C@@H](NC(=O)CC(C)(C)CON(C)CN2C(=O)C=CC2=O)C(C)C)cc1)C(C)C)C(C)(C)C)C(C)(C)c1ccccc1. The molecule has 2 aromatic carbocycles. The van der Waals surface area contributed by atoms with Gasteiger partial charge in [-0.05, 0) is 92.3 Å². The summed E-state index contributed by atoms with van der Waals surface area (Å²) in [5.41, 5.74) is 4.74. The Bertz CT molecular complexity index is 2590. The number of nitrogens with zero attached hydrogens (tertiary/aromatic N) is 3. The summed E-state index contributed by atoms with van der Waals surface area (Å²) in [6, 6.07) is 10.2. The van der Waals surface area contributed by atoms with E-state index in [1.807, 2.05) is 78.8 Å². The maximum atomic E-state index is 14.4. The fourth-order valence-electron chi connectivity index (χ4n) is 8.73. The molecule has 0 saturated heterocycles. The van der Waals surface area contributed by atoms with E-state index in [-0.39, 0.29) is 54.1 Å². The number of amides is 8. The molecule has 0 unspecified atom stereocenters. The number of nitrogens with one attached hydrogen (secondary N) is 6. The van der Waals surface area contributed by atoms with E-state index in [9.17, 15) is 46.8 Å². The van der Waals surface area contributed by atoms with Crippen molar-refractivity contribution in [3.8, 4) is 0 Å². The number of hydrogen-bond acceptors (Lipinski definition) is 14. The fourth-order valence-corrected chi connectivity index (χ4v) is 9.75. The van der Waals surface area contributed by atoms with Crippen molar-refractivity contribution in [1.82, 2.24) is 40.9 Å². The molecule has 432 valence electrons. The number of likely N-dealkylation sites (N-methyl/N-ethyl adjacent to an activating group) is 2. The molecule has 1 heterocycles. The second kappa shape index (κ2) is 28.5. The summed E-state index contributed by atoms with van der Waals surface area (Å²) in [7, 11) is 0.364. The Morgan fingerprint density at radius 3 is 1.88 bits per heavy atom. The number of unbranched alkanes of at least 4 members (excludes halogenated alkanes) is 1. The number of rotatable bonds is 29. The van der Waals surface area contributed by atoms with Gasteiger partial charge in [0.05, 0.1) is 23.6 Å². The lowest BCUT2D eigenvalue weighted by Crippen LogP contribution is -2.61. The van der Waals surface area contributed by atoms with Gasteiger partial charge in [0.1, 0.15) is 24.8 Å². The molecule has 0 saturated carbocycles. The number of nitrogens with two attached hydrogens (primary N) is 1. The smallest absolute Gasteiger partial charge is 0.264 e. The highest BCUT2D eigenvalue weighted by Gasteiger charge is 2.42. The van der Waals surface area contributed by atoms with Crippen molar-refractivity contribution in [3.63, 3.8) is 0 Å². The molecule has 78 heavy (non-hydrogen) atoms. The molecule has 8 amide bonds. The van der Waals surface area contributed by atoms with E-state index in [4.69, 9.17) is 10.6 Å². The fraction of sp³-hybridized carbons (Fsp3) is 0.571. The highest BCUT2D eigenvalue weighted by Crippen LogP contribution is 2.30. The van der Waals surface area contributed by atoms with Crippen LogP contribution in [0.2, 0.25) is 0 Å². The molecule has 21 nitrogen and oxygen atoms in total. The minimum absolute atomic E-state index is 0.0169. The molecule has 0 spiro atoms. The zero-order valence-electron chi connectivity index (χ0n) is 48.2. The highest BCUT2D eigenvalue weighted by molar-refractivity contribution is 7.90. The lowest BCUT2D eigenvalue weighted by Gasteiger charge is -2.40. The van der Waals surface area contributed by atoms with Gasteiger partial charge in [-0.3, -0.25) is 48.1 Å². The van der Waals surface area contributed by atoms with Crippen LogP contribution in [0.4, 0.5) is 5.69 Å². The number of imide groups is 1. The predicted octanol–water partition coefficient (Wildman–Crippen LogP) is 3.87. The first kappa shape index (κ1) is 66.0. The van der Waals surface area contributed by atoms with Gasteiger partial charge in [-0.25, -0.2) is 13.1 Å². The Morgan fingerprint density at radius 2 is 1.36 bits per heavy atom. The van der Waals surface area contributed by atoms with Gasteiger partial charge in [-0.15, -0.1) is 0 Å². The molecule has 3 rings (SSSR count). The molecular formula is C56H86N10O11S. The number of hydrogen-bond donors (Lipinski definition) is 7. The second-order valence-corrected chi connectivity index (χ2v) is 24.7. The van der Waals surface area contributed by atoms with Crippen molar-refractivity contribution in [2.45, 2.75) is 149 Å². The Morgan fingerprint density at radius 1 is 0.769 bits per heavy atom. The van der Waals surface area contributed by atoms with Gasteiger partial charge in [0, 0.05) is 49.3 Å². The van der Waals surface area contributed by atoms with E-state index in [1.54, 1.807) is 48.8 Å². The topological polar surface area (TPSA) is 288 Å². The van der Waals surface area contributed by atoms with Crippen LogP contribution in [0.25, 0.3) is 0 Å². The van der Waals surface area contributed by atoms with Gasteiger partial charge in [-0.2, -0.15) is 5.06 Å². The second-order valence-electron chi connectivity index (χ2n) is 23.1. The van der Waals surface area contributed by atoms with Gasteiger partial charge in [-0.1, -0.05) is 113 Å². The number of benzene rings is 2. The molecule has 0 aromatic heterocycles. The number of carbonyl (C=O) groups is 8. The third-order valence-electron chi connectivity index (χ3n) is 13.5. The van der Waals surface area contributed by atoms with E-state index in [1.165, 1.54) is 59.4 Å². The summed E-state index contributed by atoms with van der Waals surface area (Å²) >= 11 is 0. The molecule has 8 N–H and O–H groups in total. The monoisotopic (exact) mass is 1110 g/mol. The Labute approximate surface area is 461 Å². The largest absolute Gasteiger partial charge is 0.344 e. The number of hydroxylamine groups is 2. The molecule has 1 aliphatic rings. The van der Waals surface area contributed by atoms with Crippen LogP contribution in [0.15, 0.2) is 83.3 Å². The van der Waals surface area contributed by atoms with Crippen LogP contribution in [0.1, 0.15) is 114 Å². The normalized spacial score (nSPS) is 15.4. The molecule has 0 bridgehead atoms. The van der Waals surface area contributed by atoms with Crippen molar-refractivity contribution in [1.29, 1.82) is 0 Å².